The van der Waals surface area contributed by atoms with E-state index in [-0.39, 0.29) is 17.9 Å². The van der Waals surface area contributed by atoms with Crippen LogP contribution in [0.25, 0.3) is 0 Å². The molecule has 52 heavy (non-hydrogen) atoms. The van der Waals surface area contributed by atoms with Gasteiger partial charge in [-0.15, -0.1) is 0 Å². The van der Waals surface area contributed by atoms with Crippen molar-refractivity contribution in [3.05, 3.63) is 100 Å². The van der Waals surface area contributed by atoms with Crippen molar-refractivity contribution in [1.82, 2.24) is 24.5 Å². The number of amides is 1. The number of hydrogen-bond acceptors (Lipinski definition) is 9. The fourth-order valence-electron chi connectivity index (χ4n) is 7.23. The van der Waals surface area contributed by atoms with Crippen LogP contribution in [0.5, 0.6) is 5.75 Å². The summed E-state index contributed by atoms with van der Waals surface area (Å²) in [7, 11) is 0.703. The number of ether oxygens (including phenoxy) is 1. The number of likely N-dealkylation sites (N-methyl/N-ethyl adjacent to an activating group) is 1. The molecule has 1 saturated heterocycles. The average Bonchev–Trinajstić information content (AvgIpc) is 3.24. The van der Waals surface area contributed by atoms with Gasteiger partial charge in [-0.3, -0.25) is 4.79 Å². The van der Waals surface area contributed by atoms with E-state index in [1.807, 2.05) is 69.3 Å². The molecule has 1 fully saturated rings. The number of hydrogen-bond donors (Lipinski definition) is 3. The molecule has 0 spiro atoms. The smallest absolute Gasteiger partial charge is 0.254 e. The zero-order valence-corrected chi connectivity index (χ0v) is 32.2. The third-order valence-electron chi connectivity index (χ3n) is 10.2. The SMILES string of the molecule is CCNc1ccc(C(c2ccc(C)c(CN3C[C@@H](C)Oc4ccccc4S3=O)c2)C(C)(C)NC(=O)c2cnc(N3CCN(C)CC3)nc2)c(C)c1N. The highest BCUT2D eigenvalue weighted by atomic mass is 32.2. The van der Waals surface area contributed by atoms with Crippen LogP contribution in [0.1, 0.15) is 71.8 Å². The van der Waals surface area contributed by atoms with Crippen LogP contribution in [-0.4, -0.2) is 87.2 Å². The first-order chi connectivity index (χ1) is 24.9. The van der Waals surface area contributed by atoms with Gasteiger partial charge in [-0.1, -0.05) is 36.4 Å². The summed E-state index contributed by atoms with van der Waals surface area (Å²) in [6.45, 7) is 17.5. The van der Waals surface area contributed by atoms with Gasteiger partial charge >= 0.3 is 0 Å². The Hall–Kier alpha value is -4.52. The number of aryl methyl sites for hydroxylation is 1. The fourth-order valence-corrected chi connectivity index (χ4v) is 8.59. The number of nitrogens with zero attached hydrogens (tertiary/aromatic N) is 5. The lowest BCUT2D eigenvalue weighted by molar-refractivity contribution is 0.0905. The summed E-state index contributed by atoms with van der Waals surface area (Å²) < 4.78 is 22.0. The second-order valence-electron chi connectivity index (χ2n) is 14.6. The number of piperazine rings is 1. The maximum absolute atomic E-state index is 13.9. The summed E-state index contributed by atoms with van der Waals surface area (Å²) in [5, 5.41) is 6.71. The van der Waals surface area contributed by atoms with E-state index in [9.17, 15) is 9.00 Å². The third-order valence-corrected chi connectivity index (χ3v) is 11.7. The number of carbonyl (C=O) groups is 1. The van der Waals surface area contributed by atoms with Crippen LogP contribution in [0.15, 0.2) is 71.9 Å². The van der Waals surface area contributed by atoms with E-state index in [0.717, 1.165) is 66.2 Å². The van der Waals surface area contributed by atoms with Gasteiger partial charge in [-0.2, -0.15) is 0 Å². The standard InChI is InChI=1S/C40H52N8O3S/c1-8-42-33-16-15-32(28(4)37(33)41)36(40(5,6)45-38(49)31-22-43-39(44-23-31)47-19-17-46(7)18-20-47)29-14-13-26(2)30(21-29)25-48-24-27(3)51-34-11-9-10-12-35(34)52(48)50/h9-16,21-23,27,36,42H,8,17-20,24-25,41H2,1-7H3,(H,45,49)/t27-,36?,52?/m1/s1. The molecule has 0 bridgehead atoms. The van der Waals surface area contributed by atoms with E-state index in [1.165, 1.54) is 0 Å². The molecule has 11 nitrogen and oxygen atoms in total. The molecule has 3 heterocycles. The lowest BCUT2D eigenvalue weighted by atomic mass is 9.74. The highest BCUT2D eigenvalue weighted by Gasteiger charge is 2.36. The molecule has 2 aliphatic rings. The topological polar surface area (TPSA) is 129 Å². The van der Waals surface area contributed by atoms with E-state index < -0.39 is 16.5 Å². The van der Waals surface area contributed by atoms with Gasteiger partial charge in [0.2, 0.25) is 5.95 Å². The molecule has 1 amide bonds. The number of para-hydroxylation sites is 1. The molecule has 2 unspecified atom stereocenters. The van der Waals surface area contributed by atoms with Gasteiger partial charge in [0.05, 0.1) is 21.8 Å². The molecule has 0 radical (unpaired) electrons. The average molecular weight is 725 g/mol. The lowest BCUT2D eigenvalue weighted by Gasteiger charge is -2.38. The highest BCUT2D eigenvalue weighted by molar-refractivity contribution is 7.82. The minimum absolute atomic E-state index is 0.140. The summed E-state index contributed by atoms with van der Waals surface area (Å²) in [6.07, 6.45) is 3.09. The first-order valence-electron chi connectivity index (χ1n) is 18.1. The maximum atomic E-state index is 13.9. The van der Waals surface area contributed by atoms with Crippen LogP contribution in [0.2, 0.25) is 0 Å². The zero-order chi connectivity index (χ0) is 37.2. The first-order valence-corrected chi connectivity index (χ1v) is 19.2. The lowest BCUT2D eigenvalue weighted by Crippen LogP contribution is -2.48. The molecule has 276 valence electrons. The Kier molecular flexibility index (Phi) is 11.2. The van der Waals surface area contributed by atoms with E-state index in [2.05, 4.69) is 68.6 Å². The molecular weight excluding hydrogens is 673 g/mol. The number of carbonyl (C=O) groups excluding carboxylic acids is 1. The monoisotopic (exact) mass is 724 g/mol. The van der Waals surface area contributed by atoms with Gasteiger partial charge in [0.25, 0.3) is 5.91 Å². The van der Waals surface area contributed by atoms with Crippen molar-refractivity contribution in [2.75, 3.05) is 62.3 Å². The van der Waals surface area contributed by atoms with Crippen molar-refractivity contribution < 1.29 is 13.7 Å². The third kappa shape index (κ3) is 7.94. The van der Waals surface area contributed by atoms with E-state index in [1.54, 1.807) is 12.4 Å². The Morgan fingerprint density at radius 3 is 2.48 bits per heavy atom. The molecule has 3 aromatic carbocycles. The maximum Gasteiger partial charge on any atom is 0.254 e. The predicted octanol–water partition coefficient (Wildman–Crippen LogP) is 5.51. The fraction of sp³-hybridized carbons (Fsp3) is 0.425. The number of aromatic nitrogens is 2. The quantitative estimate of drug-likeness (QED) is 0.182. The number of nitrogens with one attached hydrogen (secondary N) is 2. The summed E-state index contributed by atoms with van der Waals surface area (Å²) in [5.41, 5.74) is 13.0. The molecule has 6 rings (SSSR count). The van der Waals surface area contributed by atoms with E-state index in [0.29, 0.717) is 40.9 Å². The number of nitrogens with two attached hydrogens (primary N) is 1. The van der Waals surface area contributed by atoms with Crippen molar-refractivity contribution in [2.45, 2.75) is 70.5 Å². The number of nitrogen functional groups attached to an aromatic ring is 1. The van der Waals surface area contributed by atoms with Gasteiger partial charge < -0.3 is 30.9 Å². The van der Waals surface area contributed by atoms with Crippen LogP contribution in [0.3, 0.4) is 0 Å². The molecule has 0 aliphatic carbocycles. The Morgan fingerprint density at radius 1 is 1.06 bits per heavy atom. The first kappa shape index (κ1) is 37.2. The molecular formula is C40H52N8O3S. The van der Waals surface area contributed by atoms with Crippen LogP contribution in [0, 0.1) is 13.8 Å². The Labute approximate surface area is 310 Å². The van der Waals surface area contributed by atoms with Gasteiger partial charge in [-0.25, -0.2) is 18.5 Å². The number of rotatable bonds is 10. The molecule has 4 N–H and O–H groups in total. The Morgan fingerprint density at radius 2 is 1.77 bits per heavy atom. The molecule has 0 saturated carbocycles. The summed E-state index contributed by atoms with van der Waals surface area (Å²) in [5.74, 6) is 0.745. The summed E-state index contributed by atoms with van der Waals surface area (Å²) in [6, 6.07) is 18.1. The predicted molar refractivity (Wildman–Crippen MR) is 209 cm³/mol. The van der Waals surface area contributed by atoms with Crippen LogP contribution < -0.4 is 26.0 Å². The molecule has 3 atom stereocenters. The largest absolute Gasteiger partial charge is 0.488 e. The van der Waals surface area contributed by atoms with E-state index in [4.69, 9.17) is 10.5 Å². The molecule has 4 aromatic rings. The second kappa shape index (κ2) is 15.6. The minimum atomic E-state index is -1.41. The van der Waals surface area contributed by atoms with Crippen molar-refractivity contribution in [1.29, 1.82) is 0 Å². The van der Waals surface area contributed by atoms with Crippen molar-refractivity contribution in [3.63, 3.8) is 0 Å². The van der Waals surface area contributed by atoms with Crippen LogP contribution in [0.4, 0.5) is 17.3 Å². The van der Waals surface area contributed by atoms with Gasteiger partial charge in [0, 0.05) is 69.7 Å². The van der Waals surface area contributed by atoms with Crippen molar-refractivity contribution in [3.8, 4) is 5.75 Å². The zero-order valence-electron chi connectivity index (χ0n) is 31.4. The van der Waals surface area contributed by atoms with Gasteiger partial charge in [-0.05, 0) is 94.6 Å². The minimum Gasteiger partial charge on any atom is -0.488 e. The normalized spacial score (nSPS) is 18.9. The molecule has 2 aliphatic heterocycles. The molecule has 12 heteroatoms. The second-order valence-corrected chi connectivity index (χ2v) is 16.0. The van der Waals surface area contributed by atoms with Gasteiger partial charge in [0.15, 0.2) is 0 Å². The molecule has 1 aromatic heterocycles. The highest BCUT2D eigenvalue weighted by Crippen LogP contribution is 2.41. The summed E-state index contributed by atoms with van der Waals surface area (Å²) >= 11 is 0. The summed E-state index contributed by atoms with van der Waals surface area (Å²) in [4.78, 5) is 28.2. The Bertz CT molecular complexity index is 1930. The Balaban J connectivity index is 1.34. The van der Waals surface area contributed by atoms with Crippen molar-refractivity contribution >= 4 is 34.2 Å². The van der Waals surface area contributed by atoms with Crippen molar-refractivity contribution in [2.24, 2.45) is 0 Å². The van der Waals surface area contributed by atoms with E-state index >= 15 is 0 Å². The number of anilines is 3. The van der Waals surface area contributed by atoms with Crippen LogP contribution >= 0.6 is 0 Å². The number of benzene rings is 3. The number of fused-ring (bicyclic) bond motifs is 1. The van der Waals surface area contributed by atoms with Crippen LogP contribution in [-0.2, 0) is 17.5 Å². The van der Waals surface area contributed by atoms with Gasteiger partial charge in [0.1, 0.15) is 22.8 Å².